The van der Waals surface area contributed by atoms with Crippen LogP contribution in [0.15, 0.2) is 23.3 Å². The van der Waals surface area contributed by atoms with Crippen LogP contribution in [0.25, 0.3) is 0 Å². The first kappa shape index (κ1) is 31.1. The molecular weight excluding hydrogens is 512 g/mol. The summed E-state index contributed by atoms with van der Waals surface area (Å²) in [6.07, 6.45) is 24.9. The van der Waals surface area contributed by atoms with E-state index in [0.717, 1.165) is 42.4 Å². The van der Waals surface area contributed by atoms with Gasteiger partial charge in [0.25, 0.3) is 0 Å². The maximum absolute atomic E-state index is 11.5. The summed E-state index contributed by atoms with van der Waals surface area (Å²) in [5, 5.41) is 4.29. The van der Waals surface area contributed by atoms with Gasteiger partial charge in [0.1, 0.15) is 6.29 Å². The quantitative estimate of drug-likeness (QED) is 0.263. The summed E-state index contributed by atoms with van der Waals surface area (Å²) in [7, 11) is 0. The minimum Gasteiger partial charge on any atom is -0.310 e. The highest BCUT2D eigenvalue weighted by molar-refractivity contribution is 5.58. The smallest absolute Gasteiger partial charge is 0.123 e. The van der Waals surface area contributed by atoms with Crippen LogP contribution in [0, 0.1) is 51.8 Å². The molecule has 0 radical (unpaired) electrons. The standard InChI is InChI=1S/C39H64N2O/c1-7-23-41(24-8-2)25-22-40-39-18-9-10-33(39)30-13-14-35-37(5,32(30)16-21-39)20-17-34-36(3,4)31(15-19-38(34,35)6)29-12-11-28(26-29)27-42/h12,15,27-28,30,32-35,40H,7-11,13-14,16-26H2,1-6H3/t28?,30?,32?,33-,34?,35?,37?,38?,39?/m1/s1. The van der Waals surface area contributed by atoms with E-state index < -0.39 is 0 Å². The number of rotatable bonds is 10. The second-order valence-corrected chi connectivity index (χ2v) is 17.1. The third-order valence-corrected chi connectivity index (χ3v) is 14.8. The van der Waals surface area contributed by atoms with E-state index in [0.29, 0.717) is 16.4 Å². The predicted octanol–water partition coefficient (Wildman–Crippen LogP) is 8.99. The topological polar surface area (TPSA) is 32.3 Å². The lowest BCUT2D eigenvalue weighted by molar-refractivity contribution is -0.175. The molecule has 6 aliphatic rings. The van der Waals surface area contributed by atoms with Crippen molar-refractivity contribution >= 4 is 6.29 Å². The van der Waals surface area contributed by atoms with Gasteiger partial charge in [-0.2, -0.15) is 0 Å². The molecule has 0 aromatic carbocycles. The fourth-order valence-corrected chi connectivity index (χ4v) is 13.2. The number of carbonyl (C=O) groups excluding carboxylic acids is 1. The third kappa shape index (κ3) is 4.94. The van der Waals surface area contributed by atoms with E-state index in [9.17, 15) is 4.79 Å². The Labute approximate surface area is 259 Å². The highest BCUT2D eigenvalue weighted by atomic mass is 16.1. The minimum absolute atomic E-state index is 0.204. The van der Waals surface area contributed by atoms with E-state index >= 15 is 0 Å². The molecule has 4 saturated carbocycles. The number of nitrogens with one attached hydrogen (secondary N) is 1. The van der Waals surface area contributed by atoms with Gasteiger partial charge in [0, 0.05) is 24.5 Å². The molecule has 42 heavy (non-hydrogen) atoms. The average Bonchev–Trinajstić information content (AvgIpc) is 3.60. The van der Waals surface area contributed by atoms with Crippen LogP contribution in [0.4, 0.5) is 0 Å². The van der Waals surface area contributed by atoms with E-state index in [1.807, 2.05) is 0 Å². The van der Waals surface area contributed by atoms with Gasteiger partial charge in [0.2, 0.25) is 0 Å². The summed E-state index contributed by atoms with van der Waals surface area (Å²) in [4.78, 5) is 14.2. The maximum Gasteiger partial charge on any atom is 0.123 e. The second kappa shape index (κ2) is 11.8. The number of hydrogen-bond donors (Lipinski definition) is 1. The molecule has 6 aliphatic carbocycles. The van der Waals surface area contributed by atoms with Crippen LogP contribution >= 0.6 is 0 Å². The monoisotopic (exact) mass is 577 g/mol. The maximum atomic E-state index is 11.5. The van der Waals surface area contributed by atoms with Gasteiger partial charge in [-0.25, -0.2) is 0 Å². The van der Waals surface area contributed by atoms with E-state index in [4.69, 9.17) is 0 Å². The molecule has 3 heteroatoms. The van der Waals surface area contributed by atoms with Crippen LogP contribution in [-0.2, 0) is 4.79 Å². The Morgan fingerprint density at radius 1 is 0.857 bits per heavy atom. The SMILES string of the molecule is CCCN(CCC)CCNC12CCC[C@@H]1C1CCC3C(C)(CCC4C(C)(C)C(C5=CCC(C=O)C5)=CCC43C)C1CC2. The van der Waals surface area contributed by atoms with Crippen molar-refractivity contribution in [1.29, 1.82) is 0 Å². The minimum atomic E-state index is 0.204. The van der Waals surface area contributed by atoms with Crippen molar-refractivity contribution in [2.45, 2.75) is 137 Å². The highest BCUT2D eigenvalue weighted by Crippen LogP contribution is 2.72. The van der Waals surface area contributed by atoms with Gasteiger partial charge in [-0.15, -0.1) is 0 Å². The highest BCUT2D eigenvalue weighted by Gasteiger charge is 2.65. The number of hydrogen-bond acceptors (Lipinski definition) is 3. The number of fused-ring (bicyclic) bond motifs is 7. The molecule has 9 atom stereocenters. The number of aldehydes is 1. The summed E-state index contributed by atoms with van der Waals surface area (Å²) in [6.45, 7) is 20.2. The van der Waals surface area contributed by atoms with E-state index in [-0.39, 0.29) is 11.3 Å². The van der Waals surface area contributed by atoms with Crippen molar-refractivity contribution in [3.8, 4) is 0 Å². The first-order valence-electron chi connectivity index (χ1n) is 18.5. The predicted molar refractivity (Wildman–Crippen MR) is 176 cm³/mol. The number of allylic oxidation sites excluding steroid dienone is 4. The molecule has 0 aliphatic heterocycles. The molecule has 0 saturated heterocycles. The number of carbonyl (C=O) groups is 1. The van der Waals surface area contributed by atoms with Crippen LogP contribution in [-0.4, -0.2) is 42.9 Å². The Morgan fingerprint density at radius 3 is 2.36 bits per heavy atom. The molecular formula is C39H64N2O. The zero-order valence-corrected chi connectivity index (χ0v) is 28.3. The molecule has 6 rings (SSSR count). The second-order valence-electron chi connectivity index (χ2n) is 17.1. The van der Waals surface area contributed by atoms with Crippen molar-refractivity contribution in [1.82, 2.24) is 10.2 Å². The van der Waals surface area contributed by atoms with Gasteiger partial charge in [0.05, 0.1) is 0 Å². The lowest BCUT2D eigenvalue weighted by atomic mass is 9.37. The van der Waals surface area contributed by atoms with Gasteiger partial charge in [-0.1, -0.05) is 60.1 Å². The van der Waals surface area contributed by atoms with E-state index in [1.165, 1.54) is 115 Å². The third-order valence-electron chi connectivity index (χ3n) is 14.8. The fraction of sp³-hybridized carbons (Fsp3) is 0.872. The van der Waals surface area contributed by atoms with Crippen molar-refractivity contribution in [2.24, 2.45) is 51.8 Å². The van der Waals surface area contributed by atoms with Crippen molar-refractivity contribution in [2.75, 3.05) is 26.2 Å². The first-order valence-corrected chi connectivity index (χ1v) is 18.5. The van der Waals surface area contributed by atoms with Crippen LogP contribution in [0.5, 0.6) is 0 Å². The Kier molecular flexibility index (Phi) is 8.71. The Hall–Kier alpha value is -0.930. The van der Waals surface area contributed by atoms with Crippen molar-refractivity contribution in [3.63, 3.8) is 0 Å². The van der Waals surface area contributed by atoms with Crippen LogP contribution in [0.3, 0.4) is 0 Å². The molecule has 8 unspecified atom stereocenters. The molecule has 4 fully saturated rings. The molecule has 1 N–H and O–H groups in total. The molecule has 3 nitrogen and oxygen atoms in total. The Balaban J connectivity index is 1.19. The van der Waals surface area contributed by atoms with Crippen LogP contribution in [0.1, 0.15) is 131 Å². The lowest BCUT2D eigenvalue weighted by Gasteiger charge is -2.68. The van der Waals surface area contributed by atoms with Crippen molar-refractivity contribution in [3.05, 3.63) is 23.3 Å². The molecule has 0 amide bonds. The van der Waals surface area contributed by atoms with Crippen molar-refractivity contribution < 1.29 is 4.79 Å². The molecule has 236 valence electrons. The normalized spacial score (nSPS) is 44.1. The summed E-state index contributed by atoms with van der Waals surface area (Å²) in [5.41, 5.74) is 4.63. The molecule has 0 aromatic heterocycles. The molecule has 0 spiro atoms. The lowest BCUT2D eigenvalue weighted by Crippen LogP contribution is -2.63. The Bertz CT molecular complexity index is 1050. The van der Waals surface area contributed by atoms with Crippen LogP contribution < -0.4 is 5.32 Å². The summed E-state index contributed by atoms with van der Waals surface area (Å²) in [5.74, 6) is 4.57. The van der Waals surface area contributed by atoms with E-state index in [2.05, 4.69) is 63.9 Å². The van der Waals surface area contributed by atoms with Gasteiger partial charge < -0.3 is 15.0 Å². The zero-order chi connectivity index (χ0) is 29.8. The number of nitrogens with zero attached hydrogens (tertiary/aromatic N) is 1. The van der Waals surface area contributed by atoms with Crippen LogP contribution in [0.2, 0.25) is 0 Å². The van der Waals surface area contributed by atoms with Gasteiger partial charge >= 0.3 is 0 Å². The Morgan fingerprint density at radius 2 is 1.64 bits per heavy atom. The van der Waals surface area contributed by atoms with Gasteiger partial charge in [-0.3, -0.25) is 0 Å². The molecule has 0 bridgehead atoms. The fourth-order valence-electron chi connectivity index (χ4n) is 13.2. The van der Waals surface area contributed by atoms with Gasteiger partial charge in [0.15, 0.2) is 0 Å². The van der Waals surface area contributed by atoms with Gasteiger partial charge in [-0.05, 0) is 154 Å². The molecule has 0 heterocycles. The summed E-state index contributed by atoms with van der Waals surface area (Å²) >= 11 is 0. The summed E-state index contributed by atoms with van der Waals surface area (Å²) < 4.78 is 0. The molecule has 0 aromatic rings. The average molecular weight is 577 g/mol. The first-order chi connectivity index (χ1) is 20.1. The summed E-state index contributed by atoms with van der Waals surface area (Å²) in [6, 6.07) is 0. The largest absolute Gasteiger partial charge is 0.310 e. The van der Waals surface area contributed by atoms with E-state index in [1.54, 1.807) is 5.57 Å². The zero-order valence-electron chi connectivity index (χ0n) is 28.3.